The lowest BCUT2D eigenvalue weighted by Crippen LogP contribution is -2.71. The van der Waals surface area contributed by atoms with Gasteiger partial charge in [0.1, 0.15) is 30.1 Å². The van der Waals surface area contributed by atoms with Crippen molar-refractivity contribution in [2.75, 3.05) is 13.2 Å². The molecule has 0 saturated carbocycles. The highest BCUT2D eigenvalue weighted by atomic mass is 32.2. The van der Waals surface area contributed by atoms with E-state index in [1.165, 1.54) is 22.7 Å². The SMILES string of the molecule is C=CCN[C@@H](C(=O)N[C@@H]1C(=O)N2[C@@H]1SC(C)(C)[C@@H]2C(=O)OCC=C)c1ccccc1. The highest BCUT2D eigenvalue weighted by molar-refractivity contribution is 8.01. The van der Waals surface area contributed by atoms with E-state index in [9.17, 15) is 14.4 Å². The maximum atomic E-state index is 13.0. The van der Waals surface area contributed by atoms with Crippen LogP contribution in [0.2, 0.25) is 0 Å². The van der Waals surface area contributed by atoms with Crippen LogP contribution in [0.4, 0.5) is 0 Å². The first kappa shape index (κ1) is 22.1. The molecule has 2 amide bonds. The minimum absolute atomic E-state index is 0.0939. The van der Waals surface area contributed by atoms with Gasteiger partial charge in [0.2, 0.25) is 11.8 Å². The van der Waals surface area contributed by atoms with Gasteiger partial charge in [-0.3, -0.25) is 14.9 Å². The second-order valence-corrected chi connectivity index (χ2v) is 9.48. The number of esters is 1. The van der Waals surface area contributed by atoms with Gasteiger partial charge in [-0.05, 0) is 19.4 Å². The van der Waals surface area contributed by atoms with E-state index >= 15 is 0 Å². The smallest absolute Gasteiger partial charge is 0.330 e. The molecule has 0 radical (unpaired) electrons. The lowest BCUT2D eigenvalue weighted by atomic mass is 9.95. The average Bonchev–Trinajstić information content (AvgIpc) is 2.99. The molecule has 2 fully saturated rings. The number of ether oxygens (including phenoxy) is 1. The van der Waals surface area contributed by atoms with Crippen molar-refractivity contribution in [1.82, 2.24) is 15.5 Å². The summed E-state index contributed by atoms with van der Waals surface area (Å²) >= 11 is 1.49. The molecule has 0 aliphatic carbocycles. The Hall–Kier alpha value is -2.58. The fourth-order valence-corrected chi connectivity index (χ4v) is 5.41. The molecule has 30 heavy (non-hydrogen) atoms. The predicted molar refractivity (Wildman–Crippen MR) is 117 cm³/mol. The van der Waals surface area contributed by atoms with Crippen molar-refractivity contribution in [2.24, 2.45) is 0 Å². The molecule has 4 atom stereocenters. The molecule has 0 spiro atoms. The Morgan fingerprint density at radius 3 is 2.60 bits per heavy atom. The molecule has 2 N–H and O–H groups in total. The number of fused-ring (bicyclic) bond motifs is 1. The number of carbonyl (C=O) groups excluding carboxylic acids is 3. The monoisotopic (exact) mass is 429 g/mol. The van der Waals surface area contributed by atoms with Crippen LogP contribution in [0.3, 0.4) is 0 Å². The third-order valence-electron chi connectivity index (χ3n) is 5.17. The van der Waals surface area contributed by atoms with Gasteiger partial charge in [0.15, 0.2) is 0 Å². The van der Waals surface area contributed by atoms with Crippen molar-refractivity contribution in [3.8, 4) is 0 Å². The predicted octanol–water partition coefficient (Wildman–Crippen LogP) is 1.78. The molecule has 0 unspecified atom stereocenters. The first-order valence-electron chi connectivity index (χ1n) is 9.79. The molecule has 2 aliphatic heterocycles. The molecule has 1 aromatic rings. The first-order chi connectivity index (χ1) is 14.3. The highest BCUT2D eigenvalue weighted by Crippen LogP contribution is 2.51. The Labute approximate surface area is 180 Å². The Balaban J connectivity index is 1.73. The number of nitrogens with one attached hydrogen (secondary N) is 2. The van der Waals surface area contributed by atoms with Gasteiger partial charge in [0.05, 0.1) is 0 Å². The number of β-lactam (4-membered cyclic amide) rings is 1. The Morgan fingerprint density at radius 1 is 1.27 bits per heavy atom. The Bertz CT molecular complexity index is 842. The van der Waals surface area contributed by atoms with Crippen LogP contribution in [0, 0.1) is 0 Å². The van der Waals surface area contributed by atoms with E-state index in [0.717, 1.165) is 5.56 Å². The van der Waals surface area contributed by atoms with Crippen LogP contribution in [0.5, 0.6) is 0 Å². The molecule has 2 saturated heterocycles. The minimum atomic E-state index is -0.697. The van der Waals surface area contributed by atoms with Crippen LogP contribution in [-0.2, 0) is 19.1 Å². The standard InChI is InChI=1S/C22H27N3O4S/c1-5-12-23-15(14-10-8-7-9-11-14)18(26)24-16-19(27)25-17(21(28)29-13-6-2)22(3,4)30-20(16)25/h5-11,15-17,20,23H,1-2,12-13H2,3-4H3,(H,24,26)/t15-,16-,17+,20-/m1/s1. The van der Waals surface area contributed by atoms with Crippen molar-refractivity contribution < 1.29 is 19.1 Å². The summed E-state index contributed by atoms with van der Waals surface area (Å²) in [6, 6.07) is 7.31. The van der Waals surface area contributed by atoms with Gasteiger partial charge in [0.25, 0.3) is 0 Å². The van der Waals surface area contributed by atoms with Crippen molar-refractivity contribution in [1.29, 1.82) is 0 Å². The number of rotatable bonds is 9. The van der Waals surface area contributed by atoms with Crippen LogP contribution in [0.1, 0.15) is 25.5 Å². The number of hydrogen-bond acceptors (Lipinski definition) is 6. The van der Waals surface area contributed by atoms with E-state index in [4.69, 9.17) is 4.74 Å². The highest BCUT2D eigenvalue weighted by Gasteiger charge is 2.64. The molecule has 0 bridgehead atoms. The van der Waals surface area contributed by atoms with Crippen molar-refractivity contribution in [3.05, 3.63) is 61.2 Å². The number of carbonyl (C=O) groups is 3. The van der Waals surface area contributed by atoms with Crippen LogP contribution >= 0.6 is 11.8 Å². The molecule has 7 nitrogen and oxygen atoms in total. The first-order valence-corrected chi connectivity index (χ1v) is 10.7. The number of hydrogen-bond donors (Lipinski definition) is 2. The molecule has 160 valence electrons. The molecule has 0 aromatic heterocycles. The third-order valence-corrected chi connectivity index (χ3v) is 6.74. The van der Waals surface area contributed by atoms with Gasteiger partial charge in [-0.1, -0.05) is 49.1 Å². The fraction of sp³-hybridized carbons (Fsp3) is 0.409. The van der Waals surface area contributed by atoms with E-state index in [1.54, 1.807) is 6.08 Å². The zero-order valence-corrected chi connectivity index (χ0v) is 18.0. The number of nitrogens with zero attached hydrogens (tertiary/aromatic N) is 1. The molecule has 2 heterocycles. The van der Waals surface area contributed by atoms with Crippen molar-refractivity contribution in [3.63, 3.8) is 0 Å². The van der Waals surface area contributed by atoms with Gasteiger partial charge in [0, 0.05) is 11.3 Å². The summed E-state index contributed by atoms with van der Waals surface area (Å²) in [5, 5.41) is 5.69. The molecular weight excluding hydrogens is 402 g/mol. The van der Waals surface area contributed by atoms with E-state index in [1.807, 2.05) is 44.2 Å². The van der Waals surface area contributed by atoms with Crippen LogP contribution in [0.15, 0.2) is 55.6 Å². The Kier molecular flexibility index (Phi) is 6.67. The number of amides is 2. The zero-order chi connectivity index (χ0) is 21.9. The summed E-state index contributed by atoms with van der Waals surface area (Å²) in [6.45, 7) is 11.6. The van der Waals surface area contributed by atoms with Gasteiger partial charge >= 0.3 is 5.97 Å². The van der Waals surface area contributed by atoms with E-state index in [-0.39, 0.29) is 23.8 Å². The summed E-state index contributed by atoms with van der Waals surface area (Å²) in [6.07, 6.45) is 3.17. The van der Waals surface area contributed by atoms with Gasteiger partial charge in [-0.2, -0.15) is 0 Å². The number of benzene rings is 1. The lowest BCUT2D eigenvalue weighted by molar-refractivity contribution is -0.163. The van der Waals surface area contributed by atoms with Gasteiger partial charge < -0.3 is 15.0 Å². The summed E-state index contributed by atoms with van der Waals surface area (Å²) in [5.41, 5.74) is 0.797. The third kappa shape index (κ3) is 4.15. The van der Waals surface area contributed by atoms with E-state index in [2.05, 4.69) is 23.8 Å². The molecule has 1 aromatic carbocycles. The average molecular weight is 430 g/mol. The number of thioether (sulfide) groups is 1. The normalized spacial score (nSPS) is 24.9. The molecule has 2 aliphatic rings. The summed E-state index contributed by atoms with van der Waals surface area (Å²) in [5.74, 6) is -1.03. The largest absolute Gasteiger partial charge is 0.460 e. The van der Waals surface area contributed by atoms with E-state index in [0.29, 0.717) is 6.54 Å². The van der Waals surface area contributed by atoms with Crippen LogP contribution < -0.4 is 10.6 Å². The van der Waals surface area contributed by atoms with E-state index < -0.39 is 28.8 Å². The van der Waals surface area contributed by atoms with Crippen molar-refractivity contribution in [2.45, 2.75) is 42.1 Å². The second kappa shape index (κ2) is 9.06. The molecule has 3 rings (SSSR count). The fourth-order valence-electron chi connectivity index (χ4n) is 3.79. The maximum Gasteiger partial charge on any atom is 0.330 e. The molecule has 8 heteroatoms. The topological polar surface area (TPSA) is 87.7 Å². The maximum absolute atomic E-state index is 13.0. The Morgan fingerprint density at radius 2 is 1.97 bits per heavy atom. The second-order valence-electron chi connectivity index (χ2n) is 7.71. The van der Waals surface area contributed by atoms with Crippen LogP contribution in [0.25, 0.3) is 0 Å². The van der Waals surface area contributed by atoms with Crippen molar-refractivity contribution >= 4 is 29.5 Å². The zero-order valence-electron chi connectivity index (χ0n) is 17.2. The molecular formula is C22H27N3O4S. The summed E-state index contributed by atoms with van der Waals surface area (Å²) in [4.78, 5) is 39.9. The van der Waals surface area contributed by atoms with Gasteiger partial charge in [-0.25, -0.2) is 4.79 Å². The van der Waals surface area contributed by atoms with Crippen LogP contribution in [-0.4, -0.2) is 58.0 Å². The minimum Gasteiger partial charge on any atom is -0.460 e. The summed E-state index contributed by atoms with van der Waals surface area (Å²) < 4.78 is 4.67. The lowest BCUT2D eigenvalue weighted by Gasteiger charge is -2.44. The summed E-state index contributed by atoms with van der Waals surface area (Å²) in [7, 11) is 0. The quantitative estimate of drug-likeness (QED) is 0.354. The van der Waals surface area contributed by atoms with Gasteiger partial charge in [-0.15, -0.1) is 18.3 Å².